The van der Waals surface area contributed by atoms with E-state index in [1.165, 1.54) is 22.4 Å². The Morgan fingerprint density at radius 3 is 2.60 bits per heavy atom. The van der Waals surface area contributed by atoms with E-state index in [1.54, 1.807) is 0 Å². The Kier molecular flexibility index (Phi) is 2.37. The molecule has 2 rings (SSSR count). The van der Waals surface area contributed by atoms with Crippen molar-refractivity contribution in [1.82, 2.24) is 0 Å². The van der Waals surface area contributed by atoms with Gasteiger partial charge in [-0.3, -0.25) is 0 Å². The summed E-state index contributed by atoms with van der Waals surface area (Å²) >= 11 is 0. The first-order chi connectivity index (χ1) is 7.00. The third-order valence-electron chi connectivity index (χ3n) is 3.29. The summed E-state index contributed by atoms with van der Waals surface area (Å²) in [7, 11) is 2.04. The van der Waals surface area contributed by atoms with Crippen molar-refractivity contribution in [1.29, 1.82) is 0 Å². The van der Waals surface area contributed by atoms with Crippen molar-refractivity contribution in [3.05, 3.63) is 28.8 Å². The van der Waals surface area contributed by atoms with Crippen molar-refractivity contribution in [2.24, 2.45) is 5.11 Å². The smallest absolute Gasteiger partial charge is 0.118 e. The van der Waals surface area contributed by atoms with Crippen LogP contribution in [-0.4, -0.2) is 11.7 Å². The maximum atomic E-state index is 4.57. The molecular formula is C13H19N2+. The number of hydrogen-bond acceptors (Lipinski definition) is 1. The first kappa shape index (κ1) is 10.3. The molecule has 80 valence electrons. The molecule has 0 bridgehead atoms. The summed E-state index contributed by atoms with van der Waals surface area (Å²) < 4.78 is 2.04. The molecule has 0 saturated heterocycles. The Morgan fingerprint density at radius 2 is 2.00 bits per heavy atom. The van der Waals surface area contributed by atoms with Crippen LogP contribution < -0.4 is 0 Å². The summed E-state index contributed by atoms with van der Waals surface area (Å²) in [5.74, 6) is 0.590. The third-order valence-corrected chi connectivity index (χ3v) is 3.29. The van der Waals surface area contributed by atoms with E-state index in [4.69, 9.17) is 0 Å². The predicted molar refractivity (Wildman–Crippen MR) is 62.0 cm³/mol. The zero-order valence-corrected chi connectivity index (χ0v) is 10.2. The van der Waals surface area contributed by atoms with Crippen LogP contribution in [-0.2, 0) is 0 Å². The summed E-state index contributed by atoms with van der Waals surface area (Å²) in [5.41, 5.74) is 5.27. The fourth-order valence-electron chi connectivity index (χ4n) is 2.07. The zero-order valence-electron chi connectivity index (χ0n) is 10.2. The van der Waals surface area contributed by atoms with Crippen LogP contribution in [0.3, 0.4) is 0 Å². The minimum Gasteiger partial charge on any atom is -0.118 e. The second kappa shape index (κ2) is 3.44. The van der Waals surface area contributed by atoms with E-state index in [2.05, 4.69) is 44.9 Å². The second-order valence-corrected chi connectivity index (χ2v) is 4.78. The van der Waals surface area contributed by atoms with E-state index in [1.807, 2.05) is 11.7 Å². The van der Waals surface area contributed by atoms with Gasteiger partial charge in [0.05, 0.1) is 5.56 Å². The molecule has 0 radical (unpaired) electrons. The first-order valence-corrected chi connectivity index (χ1v) is 5.59. The van der Waals surface area contributed by atoms with Crippen molar-refractivity contribution in [3.8, 4) is 0 Å². The second-order valence-electron chi connectivity index (χ2n) is 4.78. The van der Waals surface area contributed by atoms with Gasteiger partial charge in [0, 0.05) is 6.92 Å². The van der Waals surface area contributed by atoms with Crippen molar-refractivity contribution in [2.75, 3.05) is 7.05 Å². The lowest BCUT2D eigenvalue weighted by atomic mass is 9.94. The lowest BCUT2D eigenvalue weighted by Crippen LogP contribution is -2.03. The molecule has 1 aliphatic rings. The van der Waals surface area contributed by atoms with Gasteiger partial charge in [-0.05, 0) is 35.1 Å². The van der Waals surface area contributed by atoms with Gasteiger partial charge >= 0.3 is 0 Å². The molecular weight excluding hydrogens is 184 g/mol. The number of hydrogen-bond donors (Lipinski definition) is 0. The Bertz CT molecular complexity index is 430. The van der Waals surface area contributed by atoms with Gasteiger partial charge in [-0.1, -0.05) is 19.9 Å². The van der Waals surface area contributed by atoms with Crippen LogP contribution in [0, 0.1) is 6.92 Å². The molecule has 1 heterocycles. The van der Waals surface area contributed by atoms with Gasteiger partial charge in [0.2, 0.25) is 6.04 Å². The molecule has 0 fully saturated rings. The molecule has 0 amide bonds. The zero-order chi connectivity index (χ0) is 11.2. The van der Waals surface area contributed by atoms with E-state index in [0.29, 0.717) is 12.0 Å². The Labute approximate surface area is 91.6 Å². The average Bonchev–Trinajstić information content (AvgIpc) is 2.45. The minimum atomic E-state index is 0.414. The van der Waals surface area contributed by atoms with E-state index >= 15 is 0 Å². The van der Waals surface area contributed by atoms with Crippen LogP contribution in [0.2, 0.25) is 0 Å². The molecule has 0 aliphatic carbocycles. The maximum Gasteiger partial charge on any atom is 0.202 e. The van der Waals surface area contributed by atoms with Gasteiger partial charge in [-0.15, -0.1) is 4.70 Å². The minimum absolute atomic E-state index is 0.414. The van der Waals surface area contributed by atoms with Crippen LogP contribution in [0.15, 0.2) is 17.2 Å². The fourth-order valence-corrected chi connectivity index (χ4v) is 2.07. The highest BCUT2D eigenvalue weighted by Crippen LogP contribution is 2.38. The quantitative estimate of drug-likeness (QED) is 0.615. The number of benzene rings is 1. The third kappa shape index (κ3) is 1.58. The van der Waals surface area contributed by atoms with Gasteiger partial charge in [0.15, 0.2) is 7.05 Å². The Balaban J connectivity index is 2.57. The van der Waals surface area contributed by atoms with Crippen molar-refractivity contribution in [2.45, 2.75) is 39.7 Å². The van der Waals surface area contributed by atoms with Crippen LogP contribution in [0.1, 0.15) is 49.4 Å². The van der Waals surface area contributed by atoms with Crippen LogP contribution >= 0.6 is 0 Å². The molecule has 0 aromatic heterocycles. The summed E-state index contributed by atoms with van der Waals surface area (Å²) in [6.07, 6.45) is 0. The number of aryl methyl sites for hydroxylation is 1. The number of azo groups is 2. The molecule has 1 atom stereocenters. The molecule has 0 spiro atoms. The van der Waals surface area contributed by atoms with Gasteiger partial charge in [-0.2, -0.15) is 0 Å². The first-order valence-electron chi connectivity index (χ1n) is 5.59. The summed E-state index contributed by atoms with van der Waals surface area (Å²) in [5, 5.41) is 4.57. The van der Waals surface area contributed by atoms with Crippen molar-refractivity contribution >= 4 is 5.69 Å². The lowest BCUT2D eigenvalue weighted by Gasteiger charge is -2.09. The summed E-state index contributed by atoms with van der Waals surface area (Å²) in [6.45, 7) is 8.84. The van der Waals surface area contributed by atoms with Crippen molar-refractivity contribution in [3.63, 3.8) is 0 Å². The Morgan fingerprint density at radius 1 is 1.33 bits per heavy atom. The number of rotatable bonds is 1. The highest BCUT2D eigenvalue weighted by Gasteiger charge is 2.29. The normalized spacial score (nSPS) is 19.3. The monoisotopic (exact) mass is 203 g/mol. The number of nitrogens with zero attached hydrogens (tertiary/aromatic N) is 2. The highest BCUT2D eigenvalue weighted by atomic mass is 15.3. The molecule has 1 unspecified atom stereocenters. The standard InChI is InChI=1S/C13H19N2/c1-8(2)11-6-9(3)13-12(7-11)10(4)15(5)14-13/h6-8,10H,1-5H3/q+1. The Hall–Kier alpha value is -1.18. The van der Waals surface area contributed by atoms with E-state index in [-0.39, 0.29) is 0 Å². The van der Waals surface area contributed by atoms with Crippen LogP contribution in [0.4, 0.5) is 5.69 Å². The fraction of sp³-hybridized carbons (Fsp3) is 0.538. The largest absolute Gasteiger partial charge is 0.202 e. The van der Waals surface area contributed by atoms with Gasteiger partial charge in [0.25, 0.3) is 0 Å². The summed E-state index contributed by atoms with van der Waals surface area (Å²) in [4.78, 5) is 0. The van der Waals surface area contributed by atoms with Crippen LogP contribution in [0.25, 0.3) is 0 Å². The van der Waals surface area contributed by atoms with E-state index < -0.39 is 0 Å². The molecule has 2 nitrogen and oxygen atoms in total. The SMILES string of the molecule is Cc1cc(C(C)C)cc2c1N=[N+](C)C2C. The lowest BCUT2D eigenvalue weighted by molar-refractivity contribution is -0.594. The van der Waals surface area contributed by atoms with Gasteiger partial charge in [0.1, 0.15) is 5.69 Å². The highest BCUT2D eigenvalue weighted by molar-refractivity contribution is 5.56. The topological polar surface area (TPSA) is 15.4 Å². The average molecular weight is 203 g/mol. The van der Waals surface area contributed by atoms with Crippen LogP contribution in [0.5, 0.6) is 0 Å². The molecule has 1 aliphatic heterocycles. The molecule has 0 saturated carbocycles. The summed E-state index contributed by atoms with van der Waals surface area (Å²) in [6, 6.07) is 4.99. The maximum absolute atomic E-state index is 4.57. The molecule has 0 N–H and O–H groups in total. The molecule has 1 aromatic carbocycles. The number of fused-ring (bicyclic) bond motifs is 1. The van der Waals surface area contributed by atoms with E-state index in [0.717, 1.165) is 0 Å². The van der Waals surface area contributed by atoms with Gasteiger partial charge in [-0.25, -0.2) is 0 Å². The molecule has 15 heavy (non-hydrogen) atoms. The predicted octanol–water partition coefficient (Wildman–Crippen LogP) is 3.92. The molecule has 1 aromatic rings. The van der Waals surface area contributed by atoms with Crippen molar-refractivity contribution < 1.29 is 4.70 Å². The van der Waals surface area contributed by atoms with Gasteiger partial charge < -0.3 is 0 Å². The van der Waals surface area contributed by atoms with E-state index in [9.17, 15) is 0 Å². The molecule has 2 heteroatoms.